The summed E-state index contributed by atoms with van der Waals surface area (Å²) in [7, 11) is 4.73. The molecule has 0 spiro atoms. The number of amides is 1. The van der Waals surface area contributed by atoms with Crippen molar-refractivity contribution in [3.63, 3.8) is 0 Å². The van der Waals surface area contributed by atoms with Crippen molar-refractivity contribution in [3.8, 4) is 17.2 Å². The van der Waals surface area contributed by atoms with Crippen LogP contribution in [0.25, 0.3) is 0 Å². The van der Waals surface area contributed by atoms with E-state index in [0.29, 0.717) is 30.2 Å². The molecule has 1 fully saturated rings. The molecule has 2 aromatic rings. The van der Waals surface area contributed by atoms with Gasteiger partial charge < -0.3 is 19.1 Å². The summed E-state index contributed by atoms with van der Waals surface area (Å²) >= 11 is 1.67. The van der Waals surface area contributed by atoms with Crippen molar-refractivity contribution in [1.29, 1.82) is 0 Å². The van der Waals surface area contributed by atoms with Gasteiger partial charge in [0.05, 0.1) is 21.3 Å². The highest BCUT2D eigenvalue weighted by Gasteiger charge is 2.32. The number of halogens is 1. The van der Waals surface area contributed by atoms with E-state index in [2.05, 4.69) is 0 Å². The van der Waals surface area contributed by atoms with Crippen molar-refractivity contribution < 1.29 is 23.4 Å². The van der Waals surface area contributed by atoms with Crippen molar-refractivity contribution >= 4 is 17.7 Å². The lowest BCUT2D eigenvalue weighted by atomic mass is 10.1. The number of nitrogens with zero attached hydrogens (tertiary/aromatic N) is 1. The third-order valence-corrected chi connectivity index (χ3v) is 5.73. The van der Waals surface area contributed by atoms with Gasteiger partial charge in [-0.15, -0.1) is 11.8 Å². The largest absolute Gasteiger partial charge is 0.496 e. The van der Waals surface area contributed by atoms with E-state index in [1.54, 1.807) is 56.2 Å². The minimum Gasteiger partial charge on any atom is -0.496 e. The fraction of sp³-hybridized carbons (Fsp3) is 0.350. The standard InChI is InChI=1S/C20H22FNO4S/c1-24-16-11-18(26-3)17(25-2)10-15(16)20-22(19(23)8-9-27-20)12-13-4-6-14(21)7-5-13/h4-7,10-11,20H,8-9,12H2,1-3H3. The molecule has 2 aromatic carbocycles. The van der Waals surface area contributed by atoms with Crippen LogP contribution < -0.4 is 14.2 Å². The average Bonchev–Trinajstić information content (AvgIpc) is 2.70. The predicted octanol–water partition coefficient (Wildman–Crippen LogP) is 4.02. The number of rotatable bonds is 6. The number of methoxy groups -OCH3 is 3. The van der Waals surface area contributed by atoms with Crippen LogP contribution in [0.2, 0.25) is 0 Å². The second-order valence-electron chi connectivity index (χ2n) is 6.07. The molecule has 1 amide bonds. The summed E-state index contributed by atoms with van der Waals surface area (Å²) in [6.07, 6.45) is 0.470. The van der Waals surface area contributed by atoms with Crippen LogP contribution in [0.5, 0.6) is 17.2 Å². The van der Waals surface area contributed by atoms with Crippen molar-refractivity contribution in [1.82, 2.24) is 4.90 Å². The molecule has 1 heterocycles. The summed E-state index contributed by atoms with van der Waals surface area (Å²) in [6.45, 7) is 0.397. The molecule has 144 valence electrons. The minimum absolute atomic E-state index is 0.0555. The zero-order valence-electron chi connectivity index (χ0n) is 15.5. The Labute approximate surface area is 162 Å². The van der Waals surface area contributed by atoms with Gasteiger partial charge in [-0.3, -0.25) is 4.79 Å². The topological polar surface area (TPSA) is 48.0 Å². The maximum Gasteiger partial charge on any atom is 0.224 e. The Balaban J connectivity index is 1.99. The van der Waals surface area contributed by atoms with Crippen LogP contribution in [0.3, 0.4) is 0 Å². The molecule has 0 bridgehead atoms. The lowest BCUT2D eigenvalue weighted by Crippen LogP contribution is -2.36. The van der Waals surface area contributed by atoms with Crippen LogP contribution in [-0.2, 0) is 11.3 Å². The second kappa shape index (κ2) is 8.52. The first-order chi connectivity index (χ1) is 13.1. The Morgan fingerprint density at radius 2 is 1.67 bits per heavy atom. The smallest absolute Gasteiger partial charge is 0.224 e. The molecule has 0 aliphatic carbocycles. The summed E-state index contributed by atoms with van der Waals surface area (Å²) < 4.78 is 29.5. The molecule has 7 heteroatoms. The molecule has 1 unspecified atom stereocenters. The molecule has 0 saturated carbocycles. The van der Waals surface area contributed by atoms with E-state index >= 15 is 0 Å². The molecule has 0 N–H and O–H groups in total. The third kappa shape index (κ3) is 4.13. The van der Waals surface area contributed by atoms with Gasteiger partial charge in [0, 0.05) is 30.3 Å². The third-order valence-electron chi connectivity index (χ3n) is 4.46. The summed E-state index contributed by atoms with van der Waals surface area (Å²) in [6, 6.07) is 9.83. The molecule has 5 nitrogen and oxygen atoms in total. The normalized spacial score (nSPS) is 17.0. The molecule has 3 rings (SSSR count). The zero-order valence-corrected chi connectivity index (χ0v) is 16.3. The van der Waals surface area contributed by atoms with Crippen LogP contribution in [0.15, 0.2) is 36.4 Å². The molecular weight excluding hydrogens is 369 g/mol. The van der Waals surface area contributed by atoms with E-state index in [0.717, 1.165) is 16.9 Å². The van der Waals surface area contributed by atoms with Gasteiger partial charge in [-0.1, -0.05) is 12.1 Å². The van der Waals surface area contributed by atoms with Crippen molar-refractivity contribution in [2.45, 2.75) is 18.3 Å². The van der Waals surface area contributed by atoms with Crippen LogP contribution in [-0.4, -0.2) is 37.9 Å². The van der Waals surface area contributed by atoms with Crippen LogP contribution >= 0.6 is 11.8 Å². The maximum atomic E-state index is 13.2. The summed E-state index contributed by atoms with van der Waals surface area (Å²) in [5.41, 5.74) is 1.71. The van der Waals surface area contributed by atoms with E-state index in [1.807, 2.05) is 6.07 Å². The van der Waals surface area contributed by atoms with Crippen LogP contribution in [0, 0.1) is 5.82 Å². The Hall–Kier alpha value is -2.41. The van der Waals surface area contributed by atoms with Gasteiger partial charge in [-0.05, 0) is 23.8 Å². The highest BCUT2D eigenvalue weighted by atomic mass is 32.2. The van der Waals surface area contributed by atoms with Gasteiger partial charge in [0.15, 0.2) is 11.5 Å². The van der Waals surface area contributed by atoms with Crippen LogP contribution in [0.1, 0.15) is 22.9 Å². The van der Waals surface area contributed by atoms with Gasteiger partial charge >= 0.3 is 0 Å². The van der Waals surface area contributed by atoms with Gasteiger partial charge in [-0.2, -0.15) is 0 Å². The summed E-state index contributed by atoms with van der Waals surface area (Å²) in [4.78, 5) is 14.5. The first-order valence-corrected chi connectivity index (χ1v) is 9.57. The quantitative estimate of drug-likeness (QED) is 0.745. The summed E-state index contributed by atoms with van der Waals surface area (Å²) in [5.74, 6) is 2.25. The Bertz CT molecular complexity index is 812. The maximum absolute atomic E-state index is 13.2. The van der Waals surface area contributed by atoms with Crippen molar-refractivity contribution in [2.75, 3.05) is 27.1 Å². The Morgan fingerprint density at radius 3 is 2.30 bits per heavy atom. The lowest BCUT2D eigenvalue weighted by Gasteiger charge is -2.36. The number of hydrogen-bond acceptors (Lipinski definition) is 5. The second-order valence-corrected chi connectivity index (χ2v) is 7.26. The van der Waals surface area contributed by atoms with E-state index in [-0.39, 0.29) is 17.1 Å². The molecule has 1 atom stereocenters. The highest BCUT2D eigenvalue weighted by Crippen LogP contribution is 2.46. The fourth-order valence-corrected chi connectivity index (χ4v) is 4.33. The molecule has 0 aromatic heterocycles. The van der Waals surface area contributed by atoms with Gasteiger partial charge in [0.1, 0.15) is 16.9 Å². The fourth-order valence-electron chi connectivity index (χ4n) is 3.08. The van der Waals surface area contributed by atoms with Gasteiger partial charge in [0.2, 0.25) is 5.91 Å². The van der Waals surface area contributed by atoms with E-state index in [9.17, 15) is 9.18 Å². The highest BCUT2D eigenvalue weighted by molar-refractivity contribution is 7.99. The van der Waals surface area contributed by atoms with Crippen molar-refractivity contribution in [3.05, 3.63) is 53.3 Å². The van der Waals surface area contributed by atoms with Gasteiger partial charge in [-0.25, -0.2) is 4.39 Å². The monoisotopic (exact) mass is 391 g/mol. The molecule has 1 saturated heterocycles. The van der Waals surface area contributed by atoms with Crippen LogP contribution in [0.4, 0.5) is 4.39 Å². The minimum atomic E-state index is -0.295. The van der Waals surface area contributed by atoms with Gasteiger partial charge in [0.25, 0.3) is 0 Å². The Kier molecular flexibility index (Phi) is 6.11. The number of carbonyl (C=O) groups excluding carboxylic acids is 1. The predicted molar refractivity (Wildman–Crippen MR) is 103 cm³/mol. The number of carbonyl (C=O) groups is 1. The SMILES string of the molecule is COc1cc(OC)c(C2SCCC(=O)N2Cc2ccc(F)cc2)cc1OC. The molecular formula is C20H22FNO4S. The number of benzene rings is 2. The average molecular weight is 391 g/mol. The van der Waals surface area contributed by atoms with E-state index in [4.69, 9.17) is 14.2 Å². The number of hydrogen-bond donors (Lipinski definition) is 0. The number of ether oxygens (including phenoxy) is 3. The lowest BCUT2D eigenvalue weighted by molar-refractivity contribution is -0.132. The molecule has 1 aliphatic heterocycles. The molecule has 0 radical (unpaired) electrons. The van der Waals surface area contributed by atoms with Crippen molar-refractivity contribution in [2.24, 2.45) is 0 Å². The zero-order chi connectivity index (χ0) is 19.4. The van der Waals surface area contributed by atoms with E-state index in [1.165, 1.54) is 12.1 Å². The first-order valence-electron chi connectivity index (χ1n) is 8.52. The first kappa shape index (κ1) is 19.4. The molecule has 27 heavy (non-hydrogen) atoms. The Morgan fingerprint density at radius 1 is 1.04 bits per heavy atom. The molecule has 1 aliphatic rings. The summed E-state index contributed by atoms with van der Waals surface area (Å²) in [5, 5.41) is -0.231. The number of thioether (sulfide) groups is 1. The van der Waals surface area contributed by atoms with E-state index < -0.39 is 0 Å².